The van der Waals surface area contributed by atoms with E-state index in [1.807, 2.05) is 11.0 Å². The summed E-state index contributed by atoms with van der Waals surface area (Å²) in [5.74, 6) is -1.53. The molecule has 0 saturated carbocycles. The Morgan fingerprint density at radius 2 is 1.73 bits per heavy atom. The predicted molar refractivity (Wildman–Crippen MR) is 80.0 cm³/mol. The second-order valence-corrected chi connectivity index (χ2v) is 5.28. The van der Waals surface area contributed by atoms with Gasteiger partial charge in [-0.05, 0) is 42.7 Å². The molecule has 0 N–H and O–H groups in total. The molecule has 0 unspecified atom stereocenters. The molecule has 3 rings (SSSR count). The van der Waals surface area contributed by atoms with Crippen LogP contribution in [0.25, 0.3) is 6.08 Å². The van der Waals surface area contributed by atoms with Gasteiger partial charge in [0.15, 0.2) is 11.6 Å². The van der Waals surface area contributed by atoms with Gasteiger partial charge in [-0.25, -0.2) is 13.8 Å². The van der Waals surface area contributed by atoms with Crippen molar-refractivity contribution in [3.8, 4) is 0 Å². The summed E-state index contributed by atoms with van der Waals surface area (Å²) in [5, 5.41) is 0. The van der Waals surface area contributed by atoms with Crippen molar-refractivity contribution in [3.05, 3.63) is 65.1 Å². The van der Waals surface area contributed by atoms with E-state index < -0.39 is 17.6 Å². The average molecular weight is 304 g/mol. The Morgan fingerprint density at radius 1 is 0.955 bits per heavy atom. The van der Waals surface area contributed by atoms with Crippen LogP contribution in [0.3, 0.4) is 0 Å². The van der Waals surface area contributed by atoms with Gasteiger partial charge in [-0.3, -0.25) is 0 Å². The number of nitrogens with zero attached hydrogens (tertiary/aromatic N) is 2. The molecule has 1 aliphatic heterocycles. The molecule has 1 aromatic heterocycles. The average Bonchev–Trinajstić information content (AvgIpc) is 2.52. The molecule has 0 bridgehead atoms. The van der Waals surface area contributed by atoms with Gasteiger partial charge in [0.05, 0.1) is 0 Å². The lowest BCUT2D eigenvalue weighted by Crippen LogP contribution is -2.31. The Hall–Kier alpha value is -2.30. The number of benzene rings is 1. The number of rotatable bonds is 2. The zero-order valence-corrected chi connectivity index (χ0v) is 11.9. The van der Waals surface area contributed by atoms with Crippen LogP contribution in [0.4, 0.5) is 19.0 Å². The van der Waals surface area contributed by atoms with E-state index in [2.05, 4.69) is 4.98 Å². The van der Waals surface area contributed by atoms with E-state index in [1.165, 1.54) is 17.7 Å². The molecule has 0 radical (unpaired) electrons. The van der Waals surface area contributed by atoms with Crippen LogP contribution in [-0.4, -0.2) is 18.1 Å². The van der Waals surface area contributed by atoms with Crippen molar-refractivity contribution < 1.29 is 13.2 Å². The fraction of sp³-hybridized carbons (Fsp3) is 0.235. The lowest BCUT2D eigenvalue weighted by atomic mass is 10.0. The zero-order valence-electron chi connectivity index (χ0n) is 11.9. The summed E-state index contributed by atoms with van der Waals surface area (Å²) in [4.78, 5) is 5.90. The molecule has 1 aromatic carbocycles. The third-order valence-corrected chi connectivity index (χ3v) is 3.74. The maximum atomic E-state index is 13.2. The topological polar surface area (TPSA) is 16.1 Å². The maximum absolute atomic E-state index is 13.2. The van der Waals surface area contributed by atoms with E-state index >= 15 is 0 Å². The highest BCUT2D eigenvalue weighted by atomic mass is 19.2. The van der Waals surface area contributed by atoms with E-state index in [1.54, 1.807) is 18.2 Å². The monoisotopic (exact) mass is 304 g/mol. The van der Waals surface area contributed by atoms with Crippen LogP contribution >= 0.6 is 0 Å². The number of pyridine rings is 1. The second-order valence-electron chi connectivity index (χ2n) is 5.28. The molecular weight excluding hydrogens is 289 g/mol. The Morgan fingerprint density at radius 3 is 2.41 bits per heavy atom. The lowest BCUT2D eigenvalue weighted by molar-refractivity contribution is 0.508. The molecule has 5 heteroatoms. The molecule has 1 saturated heterocycles. The van der Waals surface area contributed by atoms with Crippen LogP contribution < -0.4 is 4.90 Å². The van der Waals surface area contributed by atoms with Crippen LogP contribution in [-0.2, 0) is 0 Å². The molecule has 0 amide bonds. The molecule has 0 spiro atoms. The van der Waals surface area contributed by atoms with Crippen LogP contribution in [0.15, 0.2) is 42.0 Å². The first-order valence-electron chi connectivity index (χ1n) is 7.14. The van der Waals surface area contributed by atoms with Crippen LogP contribution in [0.5, 0.6) is 0 Å². The van der Waals surface area contributed by atoms with Crippen LogP contribution in [0.2, 0.25) is 0 Å². The van der Waals surface area contributed by atoms with E-state index in [4.69, 9.17) is 0 Å². The third-order valence-electron chi connectivity index (χ3n) is 3.74. The van der Waals surface area contributed by atoms with Gasteiger partial charge in [0.25, 0.3) is 0 Å². The number of aromatic nitrogens is 1. The molecule has 114 valence electrons. The van der Waals surface area contributed by atoms with Crippen molar-refractivity contribution in [2.24, 2.45) is 0 Å². The van der Waals surface area contributed by atoms with Crippen molar-refractivity contribution >= 4 is 11.9 Å². The summed E-state index contributed by atoms with van der Waals surface area (Å²) in [5.41, 5.74) is 1.82. The van der Waals surface area contributed by atoms with Gasteiger partial charge in [0.1, 0.15) is 5.82 Å². The first kappa shape index (κ1) is 14.6. The van der Waals surface area contributed by atoms with Crippen LogP contribution in [0, 0.1) is 17.6 Å². The summed E-state index contributed by atoms with van der Waals surface area (Å²) in [6.07, 6.45) is 3.47. The molecule has 1 fully saturated rings. The third kappa shape index (κ3) is 3.30. The normalized spacial score (nSPS) is 15.0. The van der Waals surface area contributed by atoms with Gasteiger partial charge in [-0.15, -0.1) is 0 Å². The van der Waals surface area contributed by atoms with Gasteiger partial charge >= 0.3 is 0 Å². The first-order valence-corrected chi connectivity index (χ1v) is 7.14. The maximum Gasteiger partial charge on any atom is 0.214 e. The van der Waals surface area contributed by atoms with E-state index in [9.17, 15) is 13.2 Å². The molecule has 1 aliphatic rings. The summed E-state index contributed by atoms with van der Waals surface area (Å²) in [6, 6.07) is 8.64. The Bertz CT molecular complexity index is 703. The largest absolute Gasteiger partial charge is 0.356 e. The lowest BCUT2D eigenvalue weighted by Gasteiger charge is -2.29. The minimum Gasteiger partial charge on any atom is -0.356 e. The first-order chi connectivity index (χ1) is 10.6. The zero-order chi connectivity index (χ0) is 15.5. The molecule has 22 heavy (non-hydrogen) atoms. The van der Waals surface area contributed by atoms with Gasteiger partial charge in [-0.1, -0.05) is 23.8 Å². The highest BCUT2D eigenvalue weighted by Crippen LogP contribution is 2.23. The van der Waals surface area contributed by atoms with Gasteiger partial charge in [0, 0.05) is 13.1 Å². The summed E-state index contributed by atoms with van der Waals surface area (Å²) in [7, 11) is 0. The second kappa shape index (κ2) is 6.22. The van der Waals surface area contributed by atoms with Gasteiger partial charge in [-0.2, -0.15) is 4.39 Å². The van der Waals surface area contributed by atoms with Crippen molar-refractivity contribution in [2.45, 2.75) is 12.8 Å². The Balaban J connectivity index is 1.68. The molecule has 2 aromatic rings. The molecular formula is C17H15F3N2. The fourth-order valence-corrected chi connectivity index (χ4v) is 2.58. The number of halogens is 3. The number of hydrogen-bond donors (Lipinski definition) is 0. The number of hydrogen-bond acceptors (Lipinski definition) is 2. The highest BCUT2D eigenvalue weighted by molar-refractivity contribution is 5.54. The summed E-state index contributed by atoms with van der Waals surface area (Å²) >= 11 is 0. The van der Waals surface area contributed by atoms with Crippen molar-refractivity contribution in [2.75, 3.05) is 18.0 Å². The minimum atomic E-state index is -0.839. The van der Waals surface area contributed by atoms with E-state index in [0.29, 0.717) is 11.4 Å². The smallest absolute Gasteiger partial charge is 0.214 e. The fourth-order valence-electron chi connectivity index (χ4n) is 2.58. The Kier molecular flexibility index (Phi) is 4.13. The number of piperidine rings is 1. The Labute approximate surface area is 126 Å². The predicted octanol–water partition coefficient (Wildman–Crippen LogP) is 4.18. The standard InChI is InChI=1S/C17H15F3N2/c18-14-5-4-13(11-15(14)19)10-12-6-8-22(9-7-12)17-3-1-2-16(20)21-17/h1-5,10-11H,6-9H2. The molecule has 2 nitrogen and oxygen atoms in total. The molecule has 2 heterocycles. The van der Waals surface area contributed by atoms with Crippen LogP contribution in [0.1, 0.15) is 18.4 Å². The minimum absolute atomic E-state index is 0.486. The highest BCUT2D eigenvalue weighted by Gasteiger charge is 2.15. The van der Waals surface area contributed by atoms with Crippen molar-refractivity contribution in [1.29, 1.82) is 0 Å². The van der Waals surface area contributed by atoms with Gasteiger partial charge < -0.3 is 4.90 Å². The van der Waals surface area contributed by atoms with Crippen molar-refractivity contribution in [3.63, 3.8) is 0 Å². The molecule has 0 aliphatic carbocycles. The van der Waals surface area contributed by atoms with Crippen molar-refractivity contribution in [1.82, 2.24) is 4.98 Å². The summed E-state index contributed by atoms with van der Waals surface area (Å²) in [6.45, 7) is 1.46. The summed E-state index contributed by atoms with van der Waals surface area (Å²) < 4.78 is 39.2. The van der Waals surface area contributed by atoms with E-state index in [0.717, 1.165) is 32.0 Å². The quantitative estimate of drug-likeness (QED) is 0.774. The number of anilines is 1. The molecule has 0 atom stereocenters. The van der Waals surface area contributed by atoms with E-state index in [-0.39, 0.29) is 0 Å². The SMILES string of the molecule is Fc1cccc(N2CCC(=Cc3ccc(F)c(F)c3)CC2)n1. The van der Waals surface area contributed by atoms with Gasteiger partial charge in [0.2, 0.25) is 5.95 Å².